The fourth-order valence-electron chi connectivity index (χ4n) is 1.14. The molecule has 0 fully saturated rings. The number of hydrogen-bond acceptors (Lipinski definition) is 3. The molecule has 0 unspecified atom stereocenters. The predicted octanol–water partition coefficient (Wildman–Crippen LogP) is 1.62. The van der Waals surface area contributed by atoms with Crippen LogP contribution in [0.4, 0.5) is 0 Å². The van der Waals surface area contributed by atoms with Crippen LogP contribution < -0.4 is 0 Å². The van der Waals surface area contributed by atoms with Crippen molar-refractivity contribution in [3.8, 4) is 0 Å². The molecule has 0 atom stereocenters. The first kappa shape index (κ1) is 8.31. The zero-order valence-corrected chi connectivity index (χ0v) is 7.85. The summed E-state index contributed by atoms with van der Waals surface area (Å²) in [5.41, 5.74) is 1.15. The van der Waals surface area contributed by atoms with Crippen LogP contribution in [-0.2, 0) is 6.54 Å². The fourth-order valence-corrected chi connectivity index (χ4v) is 1.37. The molecule has 2 aromatic rings. The second-order valence-electron chi connectivity index (χ2n) is 2.73. The van der Waals surface area contributed by atoms with Crippen LogP contribution in [0, 0.1) is 0 Å². The van der Waals surface area contributed by atoms with E-state index in [0.29, 0.717) is 0 Å². The van der Waals surface area contributed by atoms with Crippen LogP contribution in [0.5, 0.6) is 0 Å². The largest absolute Gasteiger partial charge is 0.248 e. The Kier molecular flexibility index (Phi) is 2.31. The van der Waals surface area contributed by atoms with Gasteiger partial charge in [0.15, 0.2) is 0 Å². The maximum atomic E-state index is 4.35. The van der Waals surface area contributed by atoms with E-state index in [-0.39, 0.29) is 0 Å². The molecule has 1 aromatic carbocycles. The molecule has 0 saturated carbocycles. The van der Waals surface area contributed by atoms with Gasteiger partial charge in [-0.3, -0.25) is 0 Å². The summed E-state index contributed by atoms with van der Waals surface area (Å²) in [7, 11) is 0. The standard InChI is InChI=1S/C9H9N3S/c13-9-4-2-1-3-8(9)7-12-6-5-10-11-12/h1-6,13H,7H2. The molecule has 0 amide bonds. The predicted molar refractivity (Wildman–Crippen MR) is 52.8 cm³/mol. The van der Waals surface area contributed by atoms with Gasteiger partial charge in [-0.25, -0.2) is 4.68 Å². The Bertz CT molecular complexity index is 384. The lowest BCUT2D eigenvalue weighted by atomic mass is 10.2. The van der Waals surface area contributed by atoms with Crippen molar-refractivity contribution in [2.75, 3.05) is 0 Å². The van der Waals surface area contributed by atoms with Gasteiger partial charge in [-0.05, 0) is 11.6 Å². The average molecular weight is 191 g/mol. The lowest BCUT2D eigenvalue weighted by Gasteiger charge is -2.03. The minimum Gasteiger partial charge on any atom is -0.248 e. The van der Waals surface area contributed by atoms with Crippen molar-refractivity contribution < 1.29 is 0 Å². The summed E-state index contributed by atoms with van der Waals surface area (Å²) in [6.45, 7) is 0.722. The van der Waals surface area contributed by atoms with E-state index in [2.05, 4.69) is 22.9 Å². The van der Waals surface area contributed by atoms with E-state index >= 15 is 0 Å². The molecule has 0 spiro atoms. The Labute approximate surface area is 81.8 Å². The van der Waals surface area contributed by atoms with Gasteiger partial charge in [0.25, 0.3) is 0 Å². The Morgan fingerprint density at radius 2 is 2.15 bits per heavy atom. The van der Waals surface area contributed by atoms with Crippen molar-refractivity contribution >= 4 is 12.6 Å². The second-order valence-corrected chi connectivity index (χ2v) is 3.21. The molecule has 0 bridgehead atoms. The Hall–Kier alpha value is -1.29. The molecule has 4 heteroatoms. The minimum atomic E-state index is 0.722. The molecule has 0 aliphatic rings. The Balaban J connectivity index is 2.24. The molecular formula is C9H9N3S. The van der Waals surface area contributed by atoms with Gasteiger partial charge < -0.3 is 0 Å². The summed E-state index contributed by atoms with van der Waals surface area (Å²) < 4.78 is 1.77. The summed E-state index contributed by atoms with van der Waals surface area (Å²) in [5, 5.41) is 7.62. The van der Waals surface area contributed by atoms with Gasteiger partial charge >= 0.3 is 0 Å². The van der Waals surface area contributed by atoms with Gasteiger partial charge in [0.2, 0.25) is 0 Å². The molecule has 0 aliphatic heterocycles. The van der Waals surface area contributed by atoms with E-state index in [1.165, 1.54) is 0 Å². The first-order valence-electron chi connectivity index (χ1n) is 3.97. The summed E-state index contributed by atoms with van der Waals surface area (Å²) in [6, 6.07) is 7.96. The SMILES string of the molecule is Sc1ccccc1Cn1ccnn1. The number of rotatable bonds is 2. The van der Waals surface area contributed by atoms with Crippen molar-refractivity contribution in [3.05, 3.63) is 42.2 Å². The van der Waals surface area contributed by atoms with Gasteiger partial charge in [-0.1, -0.05) is 23.4 Å². The molecule has 0 N–H and O–H groups in total. The highest BCUT2D eigenvalue weighted by atomic mass is 32.1. The highest BCUT2D eigenvalue weighted by Crippen LogP contribution is 2.13. The molecule has 0 aliphatic carbocycles. The monoisotopic (exact) mass is 191 g/mol. The average Bonchev–Trinajstić information content (AvgIpc) is 2.61. The van der Waals surface area contributed by atoms with E-state index in [1.807, 2.05) is 30.5 Å². The molecule has 1 aromatic heterocycles. The summed E-state index contributed by atoms with van der Waals surface area (Å²) in [4.78, 5) is 0.984. The minimum absolute atomic E-state index is 0.722. The first-order valence-corrected chi connectivity index (χ1v) is 4.42. The van der Waals surface area contributed by atoms with Crippen LogP contribution in [-0.4, -0.2) is 15.0 Å². The fraction of sp³-hybridized carbons (Fsp3) is 0.111. The summed E-state index contributed by atoms with van der Waals surface area (Å²) in [5.74, 6) is 0. The van der Waals surface area contributed by atoms with E-state index in [4.69, 9.17) is 0 Å². The van der Waals surface area contributed by atoms with Crippen LogP contribution in [0.2, 0.25) is 0 Å². The molecule has 0 saturated heterocycles. The van der Waals surface area contributed by atoms with Crippen LogP contribution >= 0.6 is 12.6 Å². The molecule has 13 heavy (non-hydrogen) atoms. The first-order chi connectivity index (χ1) is 6.36. The van der Waals surface area contributed by atoms with Crippen molar-refractivity contribution in [3.63, 3.8) is 0 Å². The van der Waals surface area contributed by atoms with Crippen LogP contribution in [0.25, 0.3) is 0 Å². The zero-order chi connectivity index (χ0) is 9.10. The molecule has 3 nitrogen and oxygen atoms in total. The molecule has 2 rings (SSSR count). The maximum Gasteiger partial charge on any atom is 0.0693 e. The lowest BCUT2D eigenvalue weighted by molar-refractivity contribution is 0.644. The number of aromatic nitrogens is 3. The van der Waals surface area contributed by atoms with Gasteiger partial charge in [-0.15, -0.1) is 17.7 Å². The van der Waals surface area contributed by atoms with E-state index in [0.717, 1.165) is 17.0 Å². The third-order valence-electron chi connectivity index (χ3n) is 1.80. The topological polar surface area (TPSA) is 30.7 Å². The van der Waals surface area contributed by atoms with Crippen molar-refractivity contribution in [2.24, 2.45) is 0 Å². The van der Waals surface area contributed by atoms with E-state index in [9.17, 15) is 0 Å². The third kappa shape index (κ3) is 1.89. The summed E-state index contributed by atoms with van der Waals surface area (Å²) in [6.07, 6.45) is 3.50. The Morgan fingerprint density at radius 3 is 2.85 bits per heavy atom. The van der Waals surface area contributed by atoms with Crippen molar-refractivity contribution in [1.82, 2.24) is 15.0 Å². The smallest absolute Gasteiger partial charge is 0.0693 e. The zero-order valence-electron chi connectivity index (χ0n) is 6.96. The highest BCUT2D eigenvalue weighted by molar-refractivity contribution is 7.80. The summed E-state index contributed by atoms with van der Waals surface area (Å²) >= 11 is 4.35. The molecular weight excluding hydrogens is 182 g/mol. The number of hydrogen-bond donors (Lipinski definition) is 1. The maximum absolute atomic E-state index is 4.35. The van der Waals surface area contributed by atoms with Gasteiger partial charge in [0.05, 0.1) is 12.7 Å². The van der Waals surface area contributed by atoms with Crippen LogP contribution in [0.15, 0.2) is 41.6 Å². The molecule has 66 valence electrons. The van der Waals surface area contributed by atoms with Gasteiger partial charge in [-0.2, -0.15) is 0 Å². The number of nitrogens with zero attached hydrogens (tertiary/aromatic N) is 3. The number of benzene rings is 1. The van der Waals surface area contributed by atoms with Crippen LogP contribution in [0.1, 0.15) is 5.56 Å². The Morgan fingerprint density at radius 1 is 1.31 bits per heavy atom. The third-order valence-corrected chi connectivity index (χ3v) is 2.23. The molecule has 0 radical (unpaired) electrons. The second kappa shape index (κ2) is 3.62. The quantitative estimate of drug-likeness (QED) is 0.731. The highest BCUT2D eigenvalue weighted by Gasteiger charge is 1.98. The van der Waals surface area contributed by atoms with Gasteiger partial charge in [0.1, 0.15) is 0 Å². The van der Waals surface area contributed by atoms with Crippen LogP contribution in [0.3, 0.4) is 0 Å². The van der Waals surface area contributed by atoms with Crippen molar-refractivity contribution in [2.45, 2.75) is 11.4 Å². The molecule has 1 heterocycles. The lowest BCUT2D eigenvalue weighted by Crippen LogP contribution is -2.00. The number of thiol groups is 1. The van der Waals surface area contributed by atoms with Gasteiger partial charge in [0, 0.05) is 11.1 Å². The van der Waals surface area contributed by atoms with E-state index < -0.39 is 0 Å². The van der Waals surface area contributed by atoms with Crippen molar-refractivity contribution in [1.29, 1.82) is 0 Å². The normalized spacial score (nSPS) is 10.2. The van der Waals surface area contributed by atoms with E-state index in [1.54, 1.807) is 10.9 Å².